The fourth-order valence-electron chi connectivity index (χ4n) is 3.20. The van der Waals surface area contributed by atoms with Gasteiger partial charge in [-0.3, -0.25) is 0 Å². The van der Waals surface area contributed by atoms with Crippen molar-refractivity contribution in [1.29, 1.82) is 0 Å². The molecule has 0 saturated heterocycles. The van der Waals surface area contributed by atoms with Gasteiger partial charge in [-0.2, -0.15) is 0 Å². The second-order valence-corrected chi connectivity index (χ2v) is 7.28. The largest absolute Gasteiger partial charge is 0.508 e. The van der Waals surface area contributed by atoms with Crippen molar-refractivity contribution in [2.45, 2.75) is 104 Å². The molecule has 2 heteroatoms. The molecule has 0 fully saturated rings. The Morgan fingerprint density at radius 2 is 1.28 bits per heavy atom. The SMILES string of the molecule is CCCCCCCCCCCCOc1ccc(O)c(CCCCC)c1. The van der Waals surface area contributed by atoms with E-state index < -0.39 is 0 Å². The van der Waals surface area contributed by atoms with Crippen LogP contribution in [-0.2, 0) is 6.42 Å². The summed E-state index contributed by atoms with van der Waals surface area (Å²) < 4.78 is 5.87. The van der Waals surface area contributed by atoms with Gasteiger partial charge in [-0.25, -0.2) is 0 Å². The lowest BCUT2D eigenvalue weighted by Gasteiger charge is -2.10. The van der Waals surface area contributed by atoms with Gasteiger partial charge in [0.25, 0.3) is 0 Å². The Kier molecular flexibility index (Phi) is 13.2. The molecule has 144 valence electrons. The van der Waals surface area contributed by atoms with Gasteiger partial charge in [0, 0.05) is 0 Å². The quantitative estimate of drug-likeness (QED) is 0.315. The summed E-state index contributed by atoms with van der Waals surface area (Å²) in [6, 6.07) is 5.67. The van der Waals surface area contributed by atoms with Crippen LogP contribution in [0, 0.1) is 0 Å². The summed E-state index contributed by atoms with van der Waals surface area (Å²) in [4.78, 5) is 0. The van der Waals surface area contributed by atoms with Gasteiger partial charge in [-0.15, -0.1) is 0 Å². The highest BCUT2D eigenvalue weighted by Gasteiger charge is 2.04. The van der Waals surface area contributed by atoms with Crippen LogP contribution in [0.2, 0.25) is 0 Å². The zero-order valence-electron chi connectivity index (χ0n) is 16.7. The molecule has 0 heterocycles. The number of ether oxygens (including phenoxy) is 1. The number of hydrogen-bond acceptors (Lipinski definition) is 2. The topological polar surface area (TPSA) is 29.5 Å². The Labute approximate surface area is 156 Å². The summed E-state index contributed by atoms with van der Waals surface area (Å²) in [6.45, 7) is 5.26. The van der Waals surface area contributed by atoms with Crippen molar-refractivity contribution in [2.75, 3.05) is 6.61 Å². The van der Waals surface area contributed by atoms with Crippen LogP contribution < -0.4 is 4.74 Å². The normalized spacial score (nSPS) is 11.0. The molecule has 1 rings (SSSR count). The minimum atomic E-state index is 0.405. The molecular weight excluding hydrogens is 308 g/mol. The van der Waals surface area contributed by atoms with E-state index in [4.69, 9.17) is 4.74 Å². The Balaban J connectivity index is 2.06. The molecule has 0 aromatic heterocycles. The van der Waals surface area contributed by atoms with E-state index in [0.29, 0.717) is 5.75 Å². The third-order valence-corrected chi connectivity index (χ3v) is 4.87. The standard InChI is InChI=1S/C23H40O2/c1-3-5-7-8-9-10-11-12-13-15-19-25-22-17-18-23(24)21(20-22)16-14-6-4-2/h17-18,20,24H,3-16,19H2,1-2H3. The highest BCUT2D eigenvalue weighted by atomic mass is 16.5. The minimum absolute atomic E-state index is 0.405. The maximum absolute atomic E-state index is 9.94. The molecule has 1 aromatic carbocycles. The third kappa shape index (κ3) is 11.1. The minimum Gasteiger partial charge on any atom is -0.508 e. The number of phenols is 1. The van der Waals surface area contributed by atoms with Gasteiger partial charge in [0.15, 0.2) is 0 Å². The number of phenolic OH excluding ortho intramolecular Hbond substituents is 1. The van der Waals surface area contributed by atoms with Crippen LogP contribution in [0.5, 0.6) is 11.5 Å². The fraction of sp³-hybridized carbons (Fsp3) is 0.739. The first-order chi connectivity index (χ1) is 12.3. The molecule has 25 heavy (non-hydrogen) atoms. The zero-order valence-corrected chi connectivity index (χ0v) is 16.7. The first-order valence-electron chi connectivity index (χ1n) is 10.7. The van der Waals surface area contributed by atoms with Crippen molar-refractivity contribution >= 4 is 0 Å². The number of rotatable bonds is 16. The predicted octanol–water partition coefficient (Wildman–Crippen LogP) is 7.42. The number of benzene rings is 1. The molecule has 0 aliphatic carbocycles. The number of aryl methyl sites for hydroxylation is 1. The van der Waals surface area contributed by atoms with Gasteiger partial charge in [-0.05, 0) is 43.0 Å². The van der Waals surface area contributed by atoms with Gasteiger partial charge >= 0.3 is 0 Å². The Morgan fingerprint density at radius 1 is 0.720 bits per heavy atom. The zero-order chi connectivity index (χ0) is 18.2. The first-order valence-corrected chi connectivity index (χ1v) is 10.7. The van der Waals surface area contributed by atoms with Gasteiger partial charge in [0.05, 0.1) is 6.61 Å². The Bertz CT molecular complexity index is 428. The molecule has 0 bridgehead atoms. The lowest BCUT2D eigenvalue weighted by Crippen LogP contribution is -1.98. The van der Waals surface area contributed by atoms with Crippen LogP contribution in [0.1, 0.15) is 103 Å². The summed E-state index contributed by atoms with van der Waals surface area (Å²) in [5.41, 5.74) is 1.02. The number of aromatic hydroxyl groups is 1. The highest BCUT2D eigenvalue weighted by Crippen LogP contribution is 2.25. The smallest absolute Gasteiger partial charge is 0.119 e. The highest BCUT2D eigenvalue weighted by molar-refractivity contribution is 5.39. The molecule has 0 aliphatic heterocycles. The van der Waals surface area contributed by atoms with E-state index in [0.717, 1.165) is 37.2 Å². The lowest BCUT2D eigenvalue weighted by atomic mass is 10.1. The maximum atomic E-state index is 9.94. The number of hydrogen-bond donors (Lipinski definition) is 1. The average Bonchev–Trinajstić information content (AvgIpc) is 2.62. The monoisotopic (exact) mass is 348 g/mol. The first kappa shape index (κ1) is 21.9. The second-order valence-electron chi connectivity index (χ2n) is 7.28. The van der Waals surface area contributed by atoms with E-state index in [-0.39, 0.29) is 0 Å². The van der Waals surface area contributed by atoms with Crippen molar-refractivity contribution in [1.82, 2.24) is 0 Å². The molecule has 0 spiro atoms. The van der Waals surface area contributed by atoms with Crippen molar-refractivity contribution in [2.24, 2.45) is 0 Å². The van der Waals surface area contributed by atoms with Gasteiger partial charge in [0.2, 0.25) is 0 Å². The molecule has 0 saturated carbocycles. The van der Waals surface area contributed by atoms with Crippen molar-refractivity contribution in [3.8, 4) is 11.5 Å². The van der Waals surface area contributed by atoms with Crippen molar-refractivity contribution < 1.29 is 9.84 Å². The molecule has 1 N–H and O–H groups in total. The van der Waals surface area contributed by atoms with Crippen LogP contribution in [0.3, 0.4) is 0 Å². The van der Waals surface area contributed by atoms with E-state index in [1.54, 1.807) is 6.07 Å². The number of unbranched alkanes of at least 4 members (excludes halogenated alkanes) is 11. The summed E-state index contributed by atoms with van der Waals surface area (Å²) in [7, 11) is 0. The molecular formula is C23H40O2. The van der Waals surface area contributed by atoms with Crippen LogP contribution in [-0.4, -0.2) is 11.7 Å². The van der Waals surface area contributed by atoms with E-state index in [9.17, 15) is 5.11 Å². The molecule has 0 atom stereocenters. The Morgan fingerprint density at radius 3 is 1.92 bits per heavy atom. The van der Waals surface area contributed by atoms with Gasteiger partial charge < -0.3 is 9.84 Å². The predicted molar refractivity (Wildman–Crippen MR) is 109 cm³/mol. The summed E-state index contributed by atoms with van der Waals surface area (Å²) >= 11 is 0. The molecule has 0 unspecified atom stereocenters. The van der Waals surface area contributed by atoms with Crippen LogP contribution in [0.4, 0.5) is 0 Å². The van der Waals surface area contributed by atoms with Crippen LogP contribution in [0.15, 0.2) is 18.2 Å². The molecule has 0 radical (unpaired) electrons. The van der Waals surface area contributed by atoms with E-state index in [2.05, 4.69) is 13.8 Å². The van der Waals surface area contributed by atoms with E-state index in [1.807, 2.05) is 12.1 Å². The van der Waals surface area contributed by atoms with Crippen molar-refractivity contribution in [3.05, 3.63) is 23.8 Å². The average molecular weight is 349 g/mol. The molecule has 2 nitrogen and oxygen atoms in total. The molecule has 0 aliphatic rings. The van der Waals surface area contributed by atoms with E-state index >= 15 is 0 Å². The van der Waals surface area contributed by atoms with Gasteiger partial charge in [0.1, 0.15) is 11.5 Å². The van der Waals surface area contributed by atoms with Crippen molar-refractivity contribution in [3.63, 3.8) is 0 Å². The third-order valence-electron chi connectivity index (χ3n) is 4.87. The summed E-state index contributed by atoms with van der Waals surface area (Å²) in [6.07, 6.45) is 17.9. The van der Waals surface area contributed by atoms with Crippen LogP contribution >= 0.6 is 0 Å². The second kappa shape index (κ2) is 15.1. The van der Waals surface area contributed by atoms with E-state index in [1.165, 1.54) is 70.6 Å². The Hall–Kier alpha value is -1.18. The maximum Gasteiger partial charge on any atom is 0.119 e. The summed E-state index contributed by atoms with van der Waals surface area (Å²) in [5.74, 6) is 1.31. The molecule has 0 amide bonds. The van der Waals surface area contributed by atoms with Crippen LogP contribution in [0.25, 0.3) is 0 Å². The lowest BCUT2D eigenvalue weighted by molar-refractivity contribution is 0.303. The molecule has 1 aromatic rings. The fourth-order valence-corrected chi connectivity index (χ4v) is 3.20. The van der Waals surface area contributed by atoms with Gasteiger partial charge in [-0.1, -0.05) is 84.5 Å². The summed E-state index contributed by atoms with van der Waals surface area (Å²) in [5, 5.41) is 9.94.